The summed E-state index contributed by atoms with van der Waals surface area (Å²) in [4.78, 5) is 28.5. The molecule has 0 saturated carbocycles. The highest BCUT2D eigenvalue weighted by molar-refractivity contribution is 7.14. The maximum Gasteiger partial charge on any atom is 0.250 e. The van der Waals surface area contributed by atoms with E-state index in [4.69, 9.17) is 4.74 Å². The predicted octanol–water partition coefficient (Wildman–Crippen LogP) is 3.71. The molecule has 0 bridgehead atoms. The highest BCUT2D eigenvalue weighted by Gasteiger charge is 2.09. The van der Waals surface area contributed by atoms with Crippen molar-refractivity contribution in [2.75, 3.05) is 19.0 Å². The topological polar surface area (TPSA) is 80.3 Å². The number of ether oxygens (including phenoxy) is 1. The molecule has 1 heterocycles. The molecule has 0 atom stereocenters. The van der Waals surface area contributed by atoms with Crippen LogP contribution in [0.4, 0.5) is 5.13 Å². The SMILES string of the molecule is COc1cccc(CCNC(=O)Cc2csc(NC(=O)C=Cc3ccccc3)n2)c1. The first-order chi connectivity index (χ1) is 14.6. The van der Waals surface area contributed by atoms with Gasteiger partial charge in [-0.3, -0.25) is 14.9 Å². The van der Waals surface area contributed by atoms with Crippen LogP contribution in [-0.2, 0) is 22.4 Å². The fraction of sp³-hybridized carbons (Fsp3) is 0.174. The van der Waals surface area contributed by atoms with Gasteiger partial charge in [0.25, 0.3) is 0 Å². The van der Waals surface area contributed by atoms with Gasteiger partial charge in [0.1, 0.15) is 5.75 Å². The number of carbonyl (C=O) groups excluding carboxylic acids is 2. The summed E-state index contributed by atoms with van der Waals surface area (Å²) in [6, 6.07) is 17.3. The van der Waals surface area contributed by atoms with Crippen molar-refractivity contribution in [2.24, 2.45) is 0 Å². The van der Waals surface area contributed by atoms with E-state index >= 15 is 0 Å². The van der Waals surface area contributed by atoms with Crippen molar-refractivity contribution in [3.63, 3.8) is 0 Å². The average molecular weight is 422 g/mol. The molecule has 2 N–H and O–H groups in total. The van der Waals surface area contributed by atoms with E-state index in [1.165, 1.54) is 17.4 Å². The van der Waals surface area contributed by atoms with Gasteiger partial charge in [-0.25, -0.2) is 4.98 Å². The molecule has 30 heavy (non-hydrogen) atoms. The van der Waals surface area contributed by atoms with E-state index in [0.29, 0.717) is 17.4 Å². The van der Waals surface area contributed by atoms with Gasteiger partial charge < -0.3 is 10.1 Å². The molecule has 0 unspecified atom stereocenters. The molecule has 2 aromatic carbocycles. The Hall–Kier alpha value is -3.45. The molecule has 0 fully saturated rings. The van der Waals surface area contributed by atoms with Gasteiger partial charge >= 0.3 is 0 Å². The van der Waals surface area contributed by atoms with Crippen LogP contribution >= 0.6 is 11.3 Å². The molecule has 0 radical (unpaired) electrons. The Labute approximate surface area is 179 Å². The summed E-state index contributed by atoms with van der Waals surface area (Å²) in [5.41, 5.74) is 2.66. The van der Waals surface area contributed by atoms with Crippen molar-refractivity contribution in [1.82, 2.24) is 10.3 Å². The van der Waals surface area contributed by atoms with Crippen molar-refractivity contribution in [2.45, 2.75) is 12.8 Å². The van der Waals surface area contributed by atoms with Crippen LogP contribution in [-0.4, -0.2) is 30.5 Å². The van der Waals surface area contributed by atoms with Crippen LogP contribution < -0.4 is 15.4 Å². The first-order valence-electron chi connectivity index (χ1n) is 9.50. The van der Waals surface area contributed by atoms with Crippen LogP contribution in [0, 0.1) is 0 Å². The third-order valence-electron chi connectivity index (χ3n) is 4.22. The largest absolute Gasteiger partial charge is 0.497 e. The summed E-state index contributed by atoms with van der Waals surface area (Å²) in [5, 5.41) is 7.86. The third-order valence-corrected chi connectivity index (χ3v) is 5.03. The number of aromatic nitrogens is 1. The minimum absolute atomic E-state index is 0.106. The monoisotopic (exact) mass is 421 g/mol. The zero-order chi connectivity index (χ0) is 21.2. The number of nitrogens with zero attached hydrogens (tertiary/aromatic N) is 1. The lowest BCUT2D eigenvalue weighted by Gasteiger charge is -2.06. The first-order valence-corrected chi connectivity index (χ1v) is 10.4. The molecule has 0 aliphatic heterocycles. The summed E-state index contributed by atoms with van der Waals surface area (Å²) < 4.78 is 5.20. The number of hydrogen-bond donors (Lipinski definition) is 2. The smallest absolute Gasteiger partial charge is 0.250 e. The maximum atomic E-state index is 12.1. The van der Waals surface area contributed by atoms with Gasteiger partial charge in [0.2, 0.25) is 11.8 Å². The number of amides is 2. The normalized spacial score (nSPS) is 10.7. The van der Waals surface area contributed by atoms with Crippen LogP contribution in [0.25, 0.3) is 6.08 Å². The fourth-order valence-electron chi connectivity index (χ4n) is 2.73. The first kappa shape index (κ1) is 21.3. The predicted molar refractivity (Wildman–Crippen MR) is 120 cm³/mol. The second-order valence-corrected chi connectivity index (χ2v) is 7.36. The van der Waals surface area contributed by atoms with Crippen LogP contribution in [0.5, 0.6) is 5.75 Å². The Bertz CT molecular complexity index is 1020. The van der Waals surface area contributed by atoms with Crippen molar-refractivity contribution >= 4 is 34.4 Å². The van der Waals surface area contributed by atoms with Gasteiger partial charge in [0.05, 0.1) is 19.2 Å². The molecule has 154 valence electrons. The minimum atomic E-state index is -0.262. The third kappa shape index (κ3) is 6.86. The van der Waals surface area contributed by atoms with Crippen LogP contribution in [0.2, 0.25) is 0 Å². The van der Waals surface area contributed by atoms with Crippen LogP contribution in [0.3, 0.4) is 0 Å². The van der Waals surface area contributed by atoms with Crippen molar-refractivity contribution < 1.29 is 14.3 Å². The summed E-state index contributed by atoms with van der Waals surface area (Å²) in [6.07, 6.45) is 4.08. The van der Waals surface area contributed by atoms with Gasteiger partial charge in [0, 0.05) is 18.0 Å². The highest BCUT2D eigenvalue weighted by atomic mass is 32.1. The molecule has 0 spiro atoms. The van der Waals surface area contributed by atoms with E-state index in [9.17, 15) is 9.59 Å². The second kappa shape index (κ2) is 10.9. The molecule has 0 aliphatic carbocycles. The van der Waals surface area contributed by atoms with Gasteiger partial charge in [-0.05, 0) is 35.8 Å². The van der Waals surface area contributed by atoms with Crippen LogP contribution in [0.1, 0.15) is 16.8 Å². The molecular formula is C23H23N3O3S. The second-order valence-electron chi connectivity index (χ2n) is 6.51. The Morgan fingerprint density at radius 2 is 1.97 bits per heavy atom. The van der Waals surface area contributed by atoms with Crippen molar-refractivity contribution in [1.29, 1.82) is 0 Å². The molecule has 3 rings (SSSR count). The molecule has 0 saturated heterocycles. The molecule has 6 nitrogen and oxygen atoms in total. The Balaban J connectivity index is 1.42. The van der Waals surface area contributed by atoms with E-state index in [2.05, 4.69) is 15.6 Å². The van der Waals surface area contributed by atoms with Gasteiger partial charge in [0.15, 0.2) is 5.13 Å². The Kier molecular flexibility index (Phi) is 7.74. The molecular weight excluding hydrogens is 398 g/mol. The van der Waals surface area contributed by atoms with Crippen molar-refractivity contribution in [3.8, 4) is 5.75 Å². The number of benzene rings is 2. The van der Waals surface area contributed by atoms with E-state index in [1.807, 2.05) is 54.6 Å². The average Bonchev–Trinajstić information content (AvgIpc) is 3.19. The Morgan fingerprint density at radius 3 is 2.77 bits per heavy atom. The number of methoxy groups -OCH3 is 1. The lowest BCUT2D eigenvalue weighted by Crippen LogP contribution is -2.27. The van der Waals surface area contributed by atoms with E-state index in [-0.39, 0.29) is 18.2 Å². The number of anilines is 1. The standard InChI is InChI=1S/C23H23N3O3S/c1-29-20-9-5-8-18(14-20)12-13-24-22(28)15-19-16-30-23(25-19)26-21(27)11-10-17-6-3-2-4-7-17/h2-11,14,16H,12-13,15H2,1H3,(H,24,28)(H,25,26,27). The van der Waals surface area contributed by atoms with Gasteiger partial charge in [-0.2, -0.15) is 0 Å². The van der Waals surface area contributed by atoms with E-state index in [1.54, 1.807) is 18.6 Å². The summed E-state index contributed by atoms with van der Waals surface area (Å²) in [7, 11) is 1.63. The number of rotatable bonds is 9. The maximum absolute atomic E-state index is 12.1. The summed E-state index contributed by atoms with van der Waals surface area (Å²) in [5.74, 6) is 0.432. The van der Waals surface area contributed by atoms with Gasteiger partial charge in [-0.1, -0.05) is 42.5 Å². The van der Waals surface area contributed by atoms with Gasteiger partial charge in [-0.15, -0.1) is 11.3 Å². The van der Waals surface area contributed by atoms with Crippen LogP contribution in [0.15, 0.2) is 66.1 Å². The zero-order valence-corrected chi connectivity index (χ0v) is 17.4. The number of thiazole rings is 1. The summed E-state index contributed by atoms with van der Waals surface area (Å²) >= 11 is 1.30. The molecule has 0 aliphatic rings. The molecule has 7 heteroatoms. The number of nitrogens with one attached hydrogen (secondary N) is 2. The molecule has 2 amide bonds. The molecule has 3 aromatic rings. The van der Waals surface area contributed by atoms with E-state index in [0.717, 1.165) is 23.3 Å². The quantitative estimate of drug-likeness (QED) is 0.516. The highest BCUT2D eigenvalue weighted by Crippen LogP contribution is 2.16. The minimum Gasteiger partial charge on any atom is -0.497 e. The number of carbonyl (C=O) groups is 2. The summed E-state index contributed by atoms with van der Waals surface area (Å²) in [6.45, 7) is 0.532. The number of hydrogen-bond acceptors (Lipinski definition) is 5. The zero-order valence-electron chi connectivity index (χ0n) is 16.6. The Morgan fingerprint density at radius 1 is 1.13 bits per heavy atom. The fourth-order valence-corrected chi connectivity index (χ4v) is 3.44. The lowest BCUT2D eigenvalue weighted by atomic mass is 10.1. The molecule has 1 aromatic heterocycles. The lowest BCUT2D eigenvalue weighted by molar-refractivity contribution is -0.120. The van der Waals surface area contributed by atoms with Crippen molar-refractivity contribution in [3.05, 3.63) is 82.9 Å². The van der Waals surface area contributed by atoms with E-state index < -0.39 is 0 Å².